The summed E-state index contributed by atoms with van der Waals surface area (Å²) in [5, 5.41) is 10.5. The smallest absolute Gasteiger partial charge is 0.0634 e. The summed E-state index contributed by atoms with van der Waals surface area (Å²) >= 11 is 0. The van der Waals surface area contributed by atoms with Crippen LogP contribution in [-0.4, -0.2) is 8.80 Å². The van der Waals surface area contributed by atoms with Crippen LogP contribution < -0.4 is 0 Å². The number of rotatable bonds is 4. The zero-order valence-corrected chi connectivity index (χ0v) is 44.1. The van der Waals surface area contributed by atoms with Gasteiger partial charge in [-0.25, -0.2) is 0 Å². The van der Waals surface area contributed by atoms with Crippen LogP contribution in [0.5, 0.6) is 0 Å². The molecule has 0 amide bonds. The second kappa shape index (κ2) is 15.1. The van der Waals surface area contributed by atoms with E-state index in [1.54, 1.807) is 0 Å². The molecule has 2 heteroatoms. The molecule has 4 aromatic heterocycles. The molecule has 0 aliphatic rings. The Bertz CT molecular complexity index is 3970. The maximum atomic E-state index is 2.67. The van der Waals surface area contributed by atoms with E-state index >= 15 is 0 Å². The third-order valence-electron chi connectivity index (χ3n) is 16.1. The first kappa shape index (κ1) is 44.5. The SMILES string of the molecule is CC(C)(C)c1cc(-c2cccc3c4c5c6cc(-c7ccccc7)ccc6n6c7c(-c8cc(C(C)(C)C)cc(C(C)(C)C)c8)cccc7c(c7c8cc(-c9ccccc9)ccc8n(c23)c74)c56)cc(C(C)(C)C)c1. The van der Waals surface area contributed by atoms with Gasteiger partial charge in [0.15, 0.2) is 0 Å². The molecule has 354 valence electrons. The highest BCUT2D eigenvalue weighted by Crippen LogP contribution is 2.55. The lowest BCUT2D eigenvalue weighted by atomic mass is 9.78. The van der Waals surface area contributed by atoms with Gasteiger partial charge >= 0.3 is 0 Å². The molecule has 4 heterocycles. The monoisotopic (exact) mass is 933 g/mol. The van der Waals surface area contributed by atoms with E-state index in [2.05, 4.69) is 262 Å². The van der Waals surface area contributed by atoms with Crippen molar-refractivity contribution in [2.45, 2.75) is 105 Å². The number of para-hydroxylation sites is 2. The minimum Gasteiger partial charge on any atom is -0.307 e. The Labute approximate surface area is 424 Å². The summed E-state index contributed by atoms with van der Waals surface area (Å²) in [6.07, 6.45) is 0. The summed E-state index contributed by atoms with van der Waals surface area (Å²) in [5.74, 6) is 0. The first-order chi connectivity index (χ1) is 34.3. The topological polar surface area (TPSA) is 8.82 Å². The Morgan fingerprint density at radius 1 is 0.250 bits per heavy atom. The zero-order chi connectivity index (χ0) is 50.0. The molecule has 0 saturated carbocycles. The lowest BCUT2D eigenvalue weighted by Gasteiger charge is -2.26. The van der Waals surface area contributed by atoms with E-state index in [-0.39, 0.29) is 21.7 Å². The van der Waals surface area contributed by atoms with Gasteiger partial charge in [-0.2, -0.15) is 0 Å². The van der Waals surface area contributed by atoms with E-state index in [4.69, 9.17) is 0 Å². The molecule has 0 N–H and O–H groups in total. The van der Waals surface area contributed by atoms with Crippen LogP contribution in [0.4, 0.5) is 0 Å². The molecular formula is C70H64N2. The van der Waals surface area contributed by atoms with Crippen LogP contribution in [0.2, 0.25) is 0 Å². The van der Waals surface area contributed by atoms with Crippen LogP contribution in [-0.2, 0) is 21.7 Å². The molecule has 0 spiro atoms. The van der Waals surface area contributed by atoms with Crippen LogP contribution in [0.15, 0.2) is 170 Å². The van der Waals surface area contributed by atoms with Crippen LogP contribution in [0.25, 0.3) is 121 Å². The Morgan fingerprint density at radius 2 is 0.583 bits per heavy atom. The van der Waals surface area contributed by atoms with Crippen LogP contribution >= 0.6 is 0 Å². The number of nitrogens with zero attached hydrogens (tertiary/aromatic N) is 2. The minimum atomic E-state index is -0.0246. The van der Waals surface area contributed by atoms with Gasteiger partial charge in [-0.1, -0.05) is 229 Å². The predicted molar refractivity (Wildman–Crippen MR) is 312 cm³/mol. The van der Waals surface area contributed by atoms with Gasteiger partial charge in [0.05, 0.1) is 33.1 Å². The van der Waals surface area contributed by atoms with Crippen molar-refractivity contribution in [2.75, 3.05) is 0 Å². The highest BCUT2D eigenvalue weighted by atomic mass is 14.9. The molecule has 0 saturated heterocycles. The van der Waals surface area contributed by atoms with Gasteiger partial charge in [0.25, 0.3) is 0 Å². The van der Waals surface area contributed by atoms with Gasteiger partial charge in [-0.05, 0) is 102 Å². The largest absolute Gasteiger partial charge is 0.307 e. The molecule has 0 bridgehead atoms. The van der Waals surface area contributed by atoms with E-state index in [9.17, 15) is 0 Å². The molecular weight excluding hydrogens is 869 g/mol. The maximum absolute atomic E-state index is 2.67. The van der Waals surface area contributed by atoms with Gasteiger partial charge < -0.3 is 8.80 Å². The summed E-state index contributed by atoms with van der Waals surface area (Å²) in [7, 11) is 0. The van der Waals surface area contributed by atoms with Gasteiger partial charge in [-0.15, -0.1) is 0 Å². The predicted octanol–water partition coefficient (Wildman–Crippen LogP) is 19.8. The average Bonchev–Trinajstić information content (AvgIpc) is 4.08. The third-order valence-corrected chi connectivity index (χ3v) is 16.1. The fraction of sp³-hybridized carbons (Fsp3) is 0.229. The van der Waals surface area contributed by atoms with Gasteiger partial charge in [0.1, 0.15) is 0 Å². The minimum absolute atomic E-state index is 0.0246. The molecule has 72 heavy (non-hydrogen) atoms. The summed E-state index contributed by atoms with van der Waals surface area (Å²) in [6, 6.07) is 65.4. The normalized spacial score (nSPS) is 13.3. The van der Waals surface area contributed by atoms with E-state index in [1.807, 2.05) is 0 Å². The Hall–Kier alpha value is -7.42. The molecule has 13 aromatic rings. The fourth-order valence-electron chi connectivity index (χ4n) is 12.1. The van der Waals surface area contributed by atoms with Crippen molar-refractivity contribution in [3.05, 3.63) is 192 Å². The lowest BCUT2D eigenvalue weighted by Crippen LogP contribution is -2.16. The quantitative estimate of drug-likeness (QED) is 0.166. The number of fused-ring (bicyclic) bond motifs is 14. The summed E-state index contributed by atoms with van der Waals surface area (Å²) < 4.78 is 5.34. The highest BCUT2D eigenvalue weighted by Gasteiger charge is 2.32. The Morgan fingerprint density at radius 3 is 0.917 bits per heavy atom. The molecule has 0 atom stereocenters. The van der Waals surface area contributed by atoms with Gasteiger partial charge in [0, 0.05) is 54.2 Å². The number of aromatic nitrogens is 2. The van der Waals surface area contributed by atoms with Crippen molar-refractivity contribution >= 4 is 76.2 Å². The van der Waals surface area contributed by atoms with Crippen molar-refractivity contribution in [1.29, 1.82) is 0 Å². The second-order valence-corrected chi connectivity index (χ2v) is 25.1. The molecule has 0 radical (unpaired) electrons. The van der Waals surface area contributed by atoms with Crippen molar-refractivity contribution < 1.29 is 0 Å². The zero-order valence-electron chi connectivity index (χ0n) is 44.1. The maximum Gasteiger partial charge on any atom is 0.0634 e. The van der Waals surface area contributed by atoms with E-state index in [0.717, 1.165) is 0 Å². The van der Waals surface area contributed by atoms with Gasteiger partial charge in [0.2, 0.25) is 0 Å². The first-order valence-corrected chi connectivity index (χ1v) is 26.1. The van der Waals surface area contributed by atoms with E-state index in [0.29, 0.717) is 0 Å². The fourth-order valence-corrected chi connectivity index (χ4v) is 12.1. The standard InChI is InChI=1S/C70H64N2/c1-67(2,3)47-33-45(34-48(39-47)68(4,5)6)51-25-19-27-53-59-61-56-38-44(42-23-17-14-18-24-42)30-32-58(56)72-64-52(46-35-49(69(7,8)9)40-50(36-46)70(10,11)12)26-20-28-54(64)60(66(61)72)62-55-37-43(41-21-15-13-16-22-41)29-31-57(55)71(63(51)53)65(59)62/h13-40H,1-12H3. The van der Waals surface area contributed by atoms with Crippen LogP contribution in [0, 0.1) is 0 Å². The Kier molecular flexibility index (Phi) is 9.31. The molecule has 0 unspecified atom stereocenters. The molecule has 0 fully saturated rings. The second-order valence-electron chi connectivity index (χ2n) is 25.1. The number of hydrogen-bond donors (Lipinski definition) is 0. The molecule has 0 aliphatic carbocycles. The summed E-state index contributed by atoms with van der Waals surface area (Å²) in [4.78, 5) is 0. The molecule has 9 aromatic carbocycles. The van der Waals surface area contributed by atoms with Crippen LogP contribution in [0.3, 0.4) is 0 Å². The van der Waals surface area contributed by atoms with Crippen LogP contribution in [0.1, 0.15) is 105 Å². The van der Waals surface area contributed by atoms with E-state index in [1.165, 1.54) is 143 Å². The van der Waals surface area contributed by atoms with Gasteiger partial charge in [-0.3, -0.25) is 0 Å². The third kappa shape index (κ3) is 6.53. The summed E-state index contributed by atoms with van der Waals surface area (Å²) in [5.41, 5.74) is 22.9. The Balaban J connectivity index is 1.28. The van der Waals surface area contributed by atoms with E-state index < -0.39 is 0 Å². The van der Waals surface area contributed by atoms with Crippen molar-refractivity contribution in [3.63, 3.8) is 0 Å². The summed E-state index contributed by atoms with van der Waals surface area (Å²) in [6.45, 7) is 28.2. The van der Waals surface area contributed by atoms with Crippen molar-refractivity contribution in [1.82, 2.24) is 8.80 Å². The molecule has 2 nitrogen and oxygen atoms in total. The van der Waals surface area contributed by atoms with Crippen molar-refractivity contribution in [3.8, 4) is 44.5 Å². The molecule has 13 rings (SSSR count). The van der Waals surface area contributed by atoms with Crippen molar-refractivity contribution in [2.24, 2.45) is 0 Å². The molecule has 0 aliphatic heterocycles. The highest BCUT2D eigenvalue weighted by molar-refractivity contribution is 6.46. The number of benzene rings is 9. The lowest BCUT2D eigenvalue weighted by molar-refractivity contribution is 0.568. The first-order valence-electron chi connectivity index (χ1n) is 26.1. The average molecular weight is 933 g/mol. The number of hydrogen-bond acceptors (Lipinski definition) is 0.